The average molecular weight is 527 g/mol. The van der Waals surface area contributed by atoms with E-state index in [0.717, 1.165) is 12.1 Å². The summed E-state index contributed by atoms with van der Waals surface area (Å²) in [5.41, 5.74) is -0.859. The lowest BCUT2D eigenvalue weighted by atomic mass is 9.87. The number of nitrogens with one attached hydrogen (secondary N) is 2. The lowest BCUT2D eigenvalue weighted by molar-refractivity contribution is -0.139. The monoisotopic (exact) mass is 526 g/mol. The van der Waals surface area contributed by atoms with Crippen molar-refractivity contribution in [1.82, 2.24) is 0 Å². The second-order valence-corrected chi connectivity index (χ2v) is 8.68. The molecule has 0 radical (unpaired) electrons. The van der Waals surface area contributed by atoms with Crippen molar-refractivity contribution in [3.8, 4) is 5.75 Å². The third kappa shape index (κ3) is 7.68. The van der Waals surface area contributed by atoms with Crippen LogP contribution in [0.4, 0.5) is 38.1 Å². The van der Waals surface area contributed by atoms with E-state index >= 15 is 0 Å². The standard InChI is InChI=1S/C26H27F5N2O4/c1-15(2)37-23-9-6-18(14-19(23)26(29,30)31)32-25(35)33-21-7-4-16(12-20(21)28)17-5-8-22(34)24(13-17)36-11-3-10-27/h4,6-7,9,12-15,17H,3,5,8,10-11H2,1-2H3,(H2,32,33,35). The highest BCUT2D eigenvalue weighted by molar-refractivity contribution is 6.00. The van der Waals surface area contributed by atoms with Crippen LogP contribution in [0.1, 0.15) is 50.2 Å². The Hall–Kier alpha value is -3.63. The Morgan fingerprint density at radius 2 is 1.89 bits per heavy atom. The number of urea groups is 1. The minimum Gasteiger partial charge on any atom is -0.490 e. The molecule has 2 N–H and O–H groups in total. The second kappa shape index (κ2) is 12.1. The van der Waals surface area contributed by atoms with E-state index < -0.39 is 36.4 Å². The summed E-state index contributed by atoms with van der Waals surface area (Å²) in [5, 5.41) is 4.54. The van der Waals surface area contributed by atoms with Gasteiger partial charge < -0.3 is 20.1 Å². The quantitative estimate of drug-likeness (QED) is 0.273. The fourth-order valence-electron chi connectivity index (χ4n) is 3.73. The van der Waals surface area contributed by atoms with E-state index in [0.29, 0.717) is 12.0 Å². The average Bonchev–Trinajstić information content (AvgIpc) is 2.81. The van der Waals surface area contributed by atoms with Crippen LogP contribution < -0.4 is 15.4 Å². The van der Waals surface area contributed by atoms with Gasteiger partial charge in [0.2, 0.25) is 0 Å². The minimum absolute atomic E-state index is 0.0606. The molecular formula is C26H27F5N2O4. The van der Waals surface area contributed by atoms with E-state index in [1.54, 1.807) is 26.0 Å². The van der Waals surface area contributed by atoms with Crippen LogP contribution in [-0.4, -0.2) is 31.2 Å². The number of allylic oxidation sites excluding steroid dienone is 2. The molecule has 0 spiro atoms. The summed E-state index contributed by atoms with van der Waals surface area (Å²) >= 11 is 0. The van der Waals surface area contributed by atoms with Gasteiger partial charge in [0, 0.05) is 24.4 Å². The normalized spacial score (nSPS) is 15.8. The van der Waals surface area contributed by atoms with E-state index in [4.69, 9.17) is 9.47 Å². The van der Waals surface area contributed by atoms with Gasteiger partial charge in [-0.05, 0) is 62.2 Å². The van der Waals surface area contributed by atoms with Crippen molar-refractivity contribution in [1.29, 1.82) is 0 Å². The van der Waals surface area contributed by atoms with Crippen molar-refractivity contribution >= 4 is 23.2 Å². The number of carbonyl (C=O) groups excluding carboxylic acids is 2. The summed E-state index contributed by atoms with van der Waals surface area (Å²) < 4.78 is 77.9. The third-order valence-corrected chi connectivity index (χ3v) is 5.42. The Morgan fingerprint density at radius 1 is 1.14 bits per heavy atom. The number of rotatable bonds is 9. The zero-order valence-corrected chi connectivity index (χ0v) is 20.3. The highest BCUT2D eigenvalue weighted by Gasteiger charge is 2.35. The molecule has 0 aromatic heterocycles. The highest BCUT2D eigenvalue weighted by Crippen LogP contribution is 2.38. The number of ketones is 1. The van der Waals surface area contributed by atoms with Crippen molar-refractivity contribution in [2.75, 3.05) is 23.9 Å². The number of alkyl halides is 4. The van der Waals surface area contributed by atoms with Gasteiger partial charge in [0.25, 0.3) is 0 Å². The summed E-state index contributed by atoms with van der Waals surface area (Å²) in [6.07, 6.45) is -2.85. The zero-order chi connectivity index (χ0) is 27.2. The molecule has 6 nitrogen and oxygen atoms in total. The van der Waals surface area contributed by atoms with Crippen LogP contribution in [0.15, 0.2) is 48.2 Å². The first-order valence-electron chi connectivity index (χ1n) is 11.7. The number of carbonyl (C=O) groups is 2. The first-order valence-corrected chi connectivity index (χ1v) is 11.7. The van der Waals surface area contributed by atoms with Crippen molar-refractivity contribution in [2.45, 2.75) is 51.3 Å². The van der Waals surface area contributed by atoms with Gasteiger partial charge in [-0.3, -0.25) is 9.18 Å². The maximum atomic E-state index is 14.8. The van der Waals surface area contributed by atoms with E-state index in [1.165, 1.54) is 18.2 Å². The maximum absolute atomic E-state index is 14.8. The van der Waals surface area contributed by atoms with Gasteiger partial charge in [0.05, 0.1) is 30.6 Å². The maximum Gasteiger partial charge on any atom is 0.420 e. The molecule has 1 aliphatic carbocycles. The first kappa shape index (κ1) is 27.9. The van der Waals surface area contributed by atoms with Crippen LogP contribution in [0.5, 0.6) is 5.75 Å². The number of hydrogen-bond donors (Lipinski definition) is 2. The molecule has 11 heteroatoms. The van der Waals surface area contributed by atoms with Gasteiger partial charge in [-0.25, -0.2) is 9.18 Å². The number of ether oxygens (including phenoxy) is 2. The van der Waals surface area contributed by atoms with Gasteiger partial charge in [0.1, 0.15) is 11.6 Å². The topological polar surface area (TPSA) is 76.7 Å². The van der Waals surface area contributed by atoms with Crippen LogP contribution in [-0.2, 0) is 15.7 Å². The predicted molar refractivity (Wildman–Crippen MR) is 128 cm³/mol. The second-order valence-electron chi connectivity index (χ2n) is 8.68. The molecule has 1 unspecified atom stereocenters. The summed E-state index contributed by atoms with van der Waals surface area (Å²) in [5.74, 6) is -1.54. The molecular weight excluding hydrogens is 499 g/mol. The molecule has 0 fully saturated rings. The van der Waals surface area contributed by atoms with Gasteiger partial charge in [-0.1, -0.05) is 6.07 Å². The molecule has 3 rings (SSSR count). The molecule has 1 atom stereocenters. The van der Waals surface area contributed by atoms with Crippen molar-refractivity contribution < 1.29 is 41.0 Å². The molecule has 0 saturated carbocycles. The molecule has 0 saturated heterocycles. The number of benzene rings is 2. The van der Waals surface area contributed by atoms with Crippen LogP contribution >= 0.6 is 0 Å². The fourth-order valence-corrected chi connectivity index (χ4v) is 3.73. The van der Waals surface area contributed by atoms with Gasteiger partial charge >= 0.3 is 12.2 Å². The zero-order valence-electron chi connectivity index (χ0n) is 20.3. The molecule has 0 heterocycles. The smallest absolute Gasteiger partial charge is 0.420 e. The van der Waals surface area contributed by atoms with Crippen LogP contribution in [0, 0.1) is 5.82 Å². The Morgan fingerprint density at radius 3 is 2.54 bits per heavy atom. The van der Waals surface area contributed by atoms with Crippen LogP contribution in [0.3, 0.4) is 0 Å². The highest BCUT2D eigenvalue weighted by atomic mass is 19.4. The molecule has 2 aromatic carbocycles. The van der Waals surface area contributed by atoms with E-state index in [2.05, 4.69) is 10.6 Å². The molecule has 200 valence electrons. The third-order valence-electron chi connectivity index (χ3n) is 5.42. The van der Waals surface area contributed by atoms with Gasteiger partial charge in [0.15, 0.2) is 11.5 Å². The van der Waals surface area contributed by atoms with Crippen molar-refractivity contribution in [2.24, 2.45) is 0 Å². The fraction of sp³-hybridized carbons (Fsp3) is 0.385. The number of Topliss-reactive ketones (excluding diaryl/α,β-unsaturated/α-hetero) is 1. The number of hydrogen-bond acceptors (Lipinski definition) is 4. The minimum atomic E-state index is -4.71. The van der Waals surface area contributed by atoms with E-state index in [9.17, 15) is 31.5 Å². The Bertz CT molecular complexity index is 1160. The molecule has 0 aliphatic heterocycles. The van der Waals surface area contributed by atoms with Crippen molar-refractivity contribution in [3.05, 3.63) is 65.2 Å². The SMILES string of the molecule is CC(C)Oc1ccc(NC(=O)Nc2ccc(C3C=C(OCCCF)C(=O)CC3)cc2F)cc1C(F)(F)F. The number of amides is 2. The summed E-state index contributed by atoms with van der Waals surface area (Å²) in [6.45, 7) is 2.67. The Balaban J connectivity index is 1.70. The first-order chi connectivity index (χ1) is 17.5. The molecule has 2 aromatic rings. The molecule has 0 bridgehead atoms. The summed E-state index contributed by atoms with van der Waals surface area (Å²) in [6, 6.07) is 6.23. The van der Waals surface area contributed by atoms with E-state index in [-0.39, 0.29) is 54.0 Å². The number of halogens is 5. The van der Waals surface area contributed by atoms with E-state index in [1.807, 2.05) is 0 Å². The van der Waals surface area contributed by atoms with Gasteiger partial charge in [-0.15, -0.1) is 0 Å². The predicted octanol–water partition coefficient (Wildman–Crippen LogP) is 6.98. The lowest BCUT2D eigenvalue weighted by Crippen LogP contribution is -2.21. The molecule has 37 heavy (non-hydrogen) atoms. The summed E-state index contributed by atoms with van der Waals surface area (Å²) in [4.78, 5) is 24.4. The van der Waals surface area contributed by atoms with Gasteiger partial charge in [-0.2, -0.15) is 13.2 Å². The Labute approximate surface area is 210 Å². The molecule has 1 aliphatic rings. The summed E-state index contributed by atoms with van der Waals surface area (Å²) in [7, 11) is 0. The Kier molecular flexibility index (Phi) is 9.12. The number of anilines is 2. The van der Waals surface area contributed by atoms with Crippen LogP contribution in [0.2, 0.25) is 0 Å². The van der Waals surface area contributed by atoms with Crippen LogP contribution in [0.25, 0.3) is 0 Å². The molecule has 2 amide bonds. The lowest BCUT2D eigenvalue weighted by Gasteiger charge is -2.21. The largest absolute Gasteiger partial charge is 0.490 e. The van der Waals surface area contributed by atoms with Crippen molar-refractivity contribution in [3.63, 3.8) is 0 Å².